The van der Waals surface area contributed by atoms with Crippen molar-refractivity contribution >= 4 is 21.9 Å². The number of benzene rings is 2. The number of carbonyl (C=O) groups is 1. The zero-order valence-corrected chi connectivity index (χ0v) is 12.1. The Labute approximate surface area is 120 Å². The first kappa shape index (κ1) is 12.4. The molecule has 3 rings (SSSR count). The molecule has 1 unspecified atom stereocenters. The van der Waals surface area contributed by atoms with E-state index in [9.17, 15) is 4.79 Å². The van der Waals surface area contributed by atoms with E-state index in [4.69, 9.17) is 4.74 Å². The minimum absolute atomic E-state index is 0.184. The minimum atomic E-state index is -0.245. The molecule has 0 saturated carbocycles. The quantitative estimate of drug-likeness (QED) is 0.737. The van der Waals surface area contributed by atoms with Crippen LogP contribution in [0.3, 0.4) is 0 Å². The lowest BCUT2D eigenvalue weighted by Gasteiger charge is -2.26. The number of hydrogen-bond acceptors (Lipinski definition) is 2. The van der Waals surface area contributed by atoms with Crippen LogP contribution in [-0.4, -0.2) is 5.97 Å². The van der Waals surface area contributed by atoms with Crippen LogP contribution in [-0.2, 0) is 11.2 Å². The molecule has 0 saturated heterocycles. The Bertz CT molecular complexity index is 635. The third kappa shape index (κ3) is 2.19. The molecule has 19 heavy (non-hydrogen) atoms. The Balaban J connectivity index is 2.02. The van der Waals surface area contributed by atoms with E-state index in [1.807, 2.05) is 49.4 Å². The van der Waals surface area contributed by atoms with Gasteiger partial charge in [0.15, 0.2) is 0 Å². The summed E-state index contributed by atoms with van der Waals surface area (Å²) in [6.45, 7) is 1.97. The average molecular weight is 317 g/mol. The van der Waals surface area contributed by atoms with E-state index in [0.29, 0.717) is 5.56 Å². The lowest BCUT2D eigenvalue weighted by atomic mass is 9.93. The van der Waals surface area contributed by atoms with Gasteiger partial charge in [0.05, 0.1) is 5.56 Å². The van der Waals surface area contributed by atoms with Crippen LogP contribution in [0.15, 0.2) is 46.9 Å². The van der Waals surface area contributed by atoms with Crippen LogP contribution in [0.25, 0.3) is 0 Å². The van der Waals surface area contributed by atoms with Crippen LogP contribution in [0, 0.1) is 6.92 Å². The molecule has 3 heteroatoms. The van der Waals surface area contributed by atoms with Gasteiger partial charge in [-0.1, -0.05) is 42.5 Å². The molecule has 0 bridgehead atoms. The second-order valence-corrected chi connectivity index (χ2v) is 5.53. The molecule has 1 heterocycles. The van der Waals surface area contributed by atoms with E-state index >= 15 is 0 Å². The van der Waals surface area contributed by atoms with Gasteiger partial charge in [-0.25, -0.2) is 4.79 Å². The first-order chi connectivity index (χ1) is 9.16. The van der Waals surface area contributed by atoms with Crippen LogP contribution < -0.4 is 0 Å². The lowest BCUT2D eigenvalue weighted by Crippen LogP contribution is -2.22. The van der Waals surface area contributed by atoms with Crippen molar-refractivity contribution in [3.63, 3.8) is 0 Å². The molecule has 2 aromatic carbocycles. The van der Waals surface area contributed by atoms with E-state index in [1.165, 1.54) is 0 Å². The van der Waals surface area contributed by atoms with Gasteiger partial charge in [0.1, 0.15) is 6.10 Å². The third-order valence-electron chi connectivity index (χ3n) is 3.45. The van der Waals surface area contributed by atoms with Crippen LogP contribution in [0.2, 0.25) is 0 Å². The van der Waals surface area contributed by atoms with E-state index in [-0.39, 0.29) is 12.1 Å². The normalized spacial score (nSPS) is 17.8. The Morgan fingerprint density at radius 2 is 1.89 bits per heavy atom. The number of esters is 1. The standard InChI is InChI=1S/C16H13BrO2/c1-10-7-8-12-9-13(11-5-3-2-4-6-11)19-16(18)14(12)15(10)17/h2-8,13H,9H2,1H3. The number of rotatable bonds is 1. The fourth-order valence-corrected chi connectivity index (χ4v) is 2.94. The van der Waals surface area contributed by atoms with E-state index in [1.54, 1.807) is 0 Å². The number of halogens is 1. The van der Waals surface area contributed by atoms with Gasteiger partial charge < -0.3 is 4.74 Å². The van der Waals surface area contributed by atoms with Crippen molar-refractivity contribution in [1.82, 2.24) is 0 Å². The van der Waals surface area contributed by atoms with Gasteiger partial charge in [-0.05, 0) is 39.5 Å². The molecule has 0 N–H and O–H groups in total. The summed E-state index contributed by atoms with van der Waals surface area (Å²) >= 11 is 3.48. The predicted octanol–water partition coefficient (Wildman–Crippen LogP) is 4.21. The Morgan fingerprint density at radius 1 is 1.16 bits per heavy atom. The molecular weight excluding hydrogens is 304 g/mol. The van der Waals surface area contributed by atoms with Crippen molar-refractivity contribution in [2.24, 2.45) is 0 Å². The zero-order valence-electron chi connectivity index (χ0n) is 10.5. The molecule has 1 aliphatic rings. The summed E-state index contributed by atoms with van der Waals surface area (Å²) in [6, 6.07) is 13.9. The fourth-order valence-electron chi connectivity index (χ4n) is 2.39. The fraction of sp³-hybridized carbons (Fsp3) is 0.188. The van der Waals surface area contributed by atoms with E-state index in [2.05, 4.69) is 15.9 Å². The largest absolute Gasteiger partial charge is 0.454 e. The van der Waals surface area contributed by atoms with Crippen LogP contribution in [0.1, 0.15) is 33.2 Å². The summed E-state index contributed by atoms with van der Waals surface area (Å²) in [6.07, 6.45) is 0.542. The summed E-state index contributed by atoms with van der Waals surface area (Å²) in [5, 5.41) is 0. The van der Waals surface area contributed by atoms with Gasteiger partial charge in [0.25, 0.3) is 0 Å². The highest BCUT2D eigenvalue weighted by atomic mass is 79.9. The second-order valence-electron chi connectivity index (χ2n) is 4.74. The summed E-state index contributed by atoms with van der Waals surface area (Å²) in [4.78, 5) is 12.2. The molecule has 2 aromatic rings. The molecule has 0 aliphatic carbocycles. The minimum Gasteiger partial charge on any atom is -0.454 e. The highest BCUT2D eigenvalue weighted by Crippen LogP contribution is 2.35. The monoisotopic (exact) mass is 316 g/mol. The third-order valence-corrected chi connectivity index (χ3v) is 4.47. The van der Waals surface area contributed by atoms with E-state index in [0.717, 1.165) is 27.6 Å². The summed E-state index contributed by atoms with van der Waals surface area (Å²) in [5.41, 5.74) is 3.81. The van der Waals surface area contributed by atoms with Crippen molar-refractivity contribution in [3.05, 3.63) is 69.2 Å². The number of carbonyl (C=O) groups excluding carboxylic acids is 1. The maximum atomic E-state index is 12.2. The Morgan fingerprint density at radius 3 is 2.63 bits per heavy atom. The molecule has 0 amide bonds. The Kier molecular flexibility index (Phi) is 3.15. The van der Waals surface area contributed by atoms with Gasteiger partial charge in [0, 0.05) is 10.9 Å². The number of fused-ring (bicyclic) bond motifs is 1. The Hall–Kier alpha value is -1.61. The second kappa shape index (κ2) is 4.82. The van der Waals surface area contributed by atoms with Crippen LogP contribution in [0.4, 0.5) is 0 Å². The van der Waals surface area contributed by atoms with Gasteiger partial charge >= 0.3 is 5.97 Å². The van der Waals surface area contributed by atoms with Crippen LogP contribution in [0.5, 0.6) is 0 Å². The number of cyclic esters (lactones) is 1. The zero-order chi connectivity index (χ0) is 13.4. The van der Waals surface area contributed by atoms with Crippen molar-refractivity contribution < 1.29 is 9.53 Å². The summed E-state index contributed by atoms with van der Waals surface area (Å²) < 4.78 is 6.41. The summed E-state index contributed by atoms with van der Waals surface area (Å²) in [7, 11) is 0. The number of ether oxygens (including phenoxy) is 1. The molecule has 2 nitrogen and oxygen atoms in total. The molecule has 1 aliphatic heterocycles. The molecule has 0 aromatic heterocycles. The van der Waals surface area contributed by atoms with E-state index < -0.39 is 0 Å². The van der Waals surface area contributed by atoms with Crippen molar-refractivity contribution in [3.8, 4) is 0 Å². The van der Waals surface area contributed by atoms with Gasteiger partial charge in [-0.15, -0.1) is 0 Å². The average Bonchev–Trinajstić information content (AvgIpc) is 2.43. The first-order valence-corrected chi connectivity index (χ1v) is 7.00. The molecule has 0 spiro atoms. The maximum Gasteiger partial charge on any atom is 0.340 e. The van der Waals surface area contributed by atoms with Gasteiger partial charge in [-0.2, -0.15) is 0 Å². The smallest absolute Gasteiger partial charge is 0.340 e. The van der Waals surface area contributed by atoms with Crippen molar-refractivity contribution in [2.75, 3.05) is 0 Å². The highest BCUT2D eigenvalue weighted by molar-refractivity contribution is 9.10. The topological polar surface area (TPSA) is 26.3 Å². The first-order valence-electron chi connectivity index (χ1n) is 6.20. The maximum absolute atomic E-state index is 12.2. The summed E-state index contributed by atoms with van der Waals surface area (Å²) in [5.74, 6) is -0.245. The number of aryl methyl sites for hydroxylation is 1. The van der Waals surface area contributed by atoms with Crippen molar-refractivity contribution in [2.45, 2.75) is 19.4 Å². The molecule has 96 valence electrons. The van der Waals surface area contributed by atoms with Crippen molar-refractivity contribution in [1.29, 1.82) is 0 Å². The lowest BCUT2D eigenvalue weighted by molar-refractivity contribution is 0.0251. The molecule has 1 atom stereocenters. The molecule has 0 fully saturated rings. The van der Waals surface area contributed by atoms with Gasteiger partial charge in [-0.3, -0.25) is 0 Å². The SMILES string of the molecule is Cc1ccc2c(c1Br)C(=O)OC(c1ccccc1)C2. The van der Waals surface area contributed by atoms with Crippen LogP contribution >= 0.6 is 15.9 Å². The van der Waals surface area contributed by atoms with Gasteiger partial charge in [0.2, 0.25) is 0 Å². The molecular formula is C16H13BrO2. The number of hydrogen-bond donors (Lipinski definition) is 0. The predicted molar refractivity (Wildman–Crippen MR) is 77.2 cm³/mol. The highest BCUT2D eigenvalue weighted by Gasteiger charge is 2.29. The molecule has 0 radical (unpaired) electrons.